The van der Waals surface area contributed by atoms with Gasteiger partial charge in [0.2, 0.25) is 0 Å². The number of rotatable bonds is 4. The van der Waals surface area contributed by atoms with Crippen LogP contribution >= 0.6 is 0 Å². The molecule has 0 aromatic rings. The van der Waals surface area contributed by atoms with Gasteiger partial charge in [0, 0.05) is 18.7 Å². The lowest BCUT2D eigenvalue weighted by Crippen LogP contribution is -2.45. The fourth-order valence-electron chi connectivity index (χ4n) is 1.22. The van der Waals surface area contributed by atoms with Gasteiger partial charge in [-0.25, -0.2) is 0 Å². The van der Waals surface area contributed by atoms with Crippen molar-refractivity contribution in [3.05, 3.63) is 0 Å². The molecule has 2 N–H and O–H groups in total. The highest BCUT2D eigenvalue weighted by molar-refractivity contribution is 4.78. The Kier molecular flexibility index (Phi) is 3.50. The van der Waals surface area contributed by atoms with E-state index in [0.717, 1.165) is 26.2 Å². The number of ether oxygens (including phenoxy) is 1. The Morgan fingerprint density at radius 1 is 1.58 bits per heavy atom. The molecule has 0 bridgehead atoms. The van der Waals surface area contributed by atoms with Crippen LogP contribution in [0.4, 0.5) is 0 Å². The van der Waals surface area contributed by atoms with Gasteiger partial charge in [-0.05, 0) is 26.2 Å². The molecule has 3 nitrogen and oxygen atoms in total. The van der Waals surface area contributed by atoms with E-state index in [2.05, 4.69) is 5.32 Å². The largest absolute Gasteiger partial charge is 0.394 e. The van der Waals surface area contributed by atoms with Crippen molar-refractivity contribution >= 4 is 0 Å². The highest BCUT2D eigenvalue weighted by Gasteiger charge is 2.20. The molecule has 1 aliphatic rings. The van der Waals surface area contributed by atoms with Gasteiger partial charge in [-0.1, -0.05) is 0 Å². The minimum atomic E-state index is -0.150. The van der Waals surface area contributed by atoms with Crippen molar-refractivity contribution in [2.75, 3.05) is 26.4 Å². The molecule has 0 aliphatic carbocycles. The first kappa shape index (κ1) is 9.96. The summed E-state index contributed by atoms with van der Waals surface area (Å²) in [5, 5.41) is 12.3. The van der Waals surface area contributed by atoms with E-state index in [9.17, 15) is 0 Å². The summed E-state index contributed by atoms with van der Waals surface area (Å²) in [6.45, 7) is 6.90. The summed E-state index contributed by atoms with van der Waals surface area (Å²) in [7, 11) is 0. The normalized spacial score (nSPS) is 24.8. The van der Waals surface area contributed by atoms with Gasteiger partial charge in [-0.2, -0.15) is 0 Å². The fraction of sp³-hybridized carbons (Fsp3) is 1.00. The first-order valence-corrected chi connectivity index (χ1v) is 4.58. The number of hydrogen-bond acceptors (Lipinski definition) is 3. The van der Waals surface area contributed by atoms with Gasteiger partial charge in [0.15, 0.2) is 0 Å². The van der Waals surface area contributed by atoms with Crippen molar-refractivity contribution in [2.45, 2.75) is 25.8 Å². The van der Waals surface area contributed by atoms with Gasteiger partial charge in [0.1, 0.15) is 0 Å². The third-order valence-electron chi connectivity index (χ3n) is 2.29. The standard InChI is InChI=1S/C9H19NO2/c1-9(2,7-11)10-5-8-3-4-12-6-8/h8,10-11H,3-7H2,1-2H3. The smallest absolute Gasteiger partial charge is 0.0607 e. The SMILES string of the molecule is CC(C)(CO)NCC1CCOC1. The third-order valence-corrected chi connectivity index (χ3v) is 2.29. The molecule has 1 saturated heterocycles. The Balaban J connectivity index is 2.15. The van der Waals surface area contributed by atoms with E-state index in [1.165, 1.54) is 0 Å². The van der Waals surface area contributed by atoms with E-state index in [0.29, 0.717) is 5.92 Å². The second-order valence-electron chi connectivity index (χ2n) is 4.15. The van der Waals surface area contributed by atoms with Crippen molar-refractivity contribution in [1.29, 1.82) is 0 Å². The molecule has 1 heterocycles. The summed E-state index contributed by atoms with van der Waals surface area (Å²) in [6, 6.07) is 0. The van der Waals surface area contributed by atoms with Gasteiger partial charge in [-0.15, -0.1) is 0 Å². The zero-order valence-electron chi connectivity index (χ0n) is 7.97. The third kappa shape index (κ3) is 3.09. The zero-order chi connectivity index (χ0) is 9.03. The van der Waals surface area contributed by atoms with Gasteiger partial charge in [0.25, 0.3) is 0 Å². The summed E-state index contributed by atoms with van der Waals surface area (Å²) in [5.74, 6) is 0.635. The predicted octanol–water partition coefficient (Wildman–Crippen LogP) is 0.383. The molecule has 1 fully saturated rings. The molecule has 72 valence electrons. The van der Waals surface area contributed by atoms with E-state index in [1.54, 1.807) is 0 Å². The molecule has 12 heavy (non-hydrogen) atoms. The molecular weight excluding hydrogens is 154 g/mol. The fourth-order valence-corrected chi connectivity index (χ4v) is 1.22. The molecule has 0 aromatic heterocycles. The van der Waals surface area contributed by atoms with E-state index < -0.39 is 0 Å². The zero-order valence-corrected chi connectivity index (χ0v) is 7.97. The summed E-state index contributed by atoms with van der Waals surface area (Å²) in [5.41, 5.74) is -0.150. The van der Waals surface area contributed by atoms with Crippen LogP contribution in [0.15, 0.2) is 0 Å². The van der Waals surface area contributed by atoms with Gasteiger partial charge in [0.05, 0.1) is 13.2 Å². The molecule has 3 heteroatoms. The Hall–Kier alpha value is -0.120. The quantitative estimate of drug-likeness (QED) is 0.646. The van der Waals surface area contributed by atoms with Crippen LogP contribution in [0.5, 0.6) is 0 Å². The molecule has 1 atom stereocenters. The summed E-state index contributed by atoms with van der Waals surface area (Å²) < 4.78 is 5.25. The lowest BCUT2D eigenvalue weighted by molar-refractivity contribution is 0.167. The number of aliphatic hydroxyl groups is 1. The van der Waals surface area contributed by atoms with E-state index in [-0.39, 0.29) is 12.1 Å². The first-order chi connectivity index (χ1) is 5.64. The molecule has 0 aromatic carbocycles. The van der Waals surface area contributed by atoms with Crippen molar-refractivity contribution < 1.29 is 9.84 Å². The van der Waals surface area contributed by atoms with Crippen LogP contribution in [0.25, 0.3) is 0 Å². The molecule has 1 aliphatic heterocycles. The highest BCUT2D eigenvalue weighted by Crippen LogP contribution is 2.12. The Labute approximate surface area is 74.1 Å². The highest BCUT2D eigenvalue weighted by atomic mass is 16.5. The lowest BCUT2D eigenvalue weighted by atomic mass is 10.0. The molecule has 0 radical (unpaired) electrons. The van der Waals surface area contributed by atoms with Crippen LogP contribution in [0.2, 0.25) is 0 Å². The van der Waals surface area contributed by atoms with Gasteiger partial charge in [-0.3, -0.25) is 0 Å². The average molecular weight is 173 g/mol. The van der Waals surface area contributed by atoms with Crippen LogP contribution < -0.4 is 5.32 Å². The molecule has 1 rings (SSSR count). The summed E-state index contributed by atoms with van der Waals surface area (Å²) >= 11 is 0. The molecular formula is C9H19NO2. The number of nitrogens with one attached hydrogen (secondary N) is 1. The minimum absolute atomic E-state index is 0.150. The molecule has 0 saturated carbocycles. The van der Waals surface area contributed by atoms with E-state index in [1.807, 2.05) is 13.8 Å². The van der Waals surface area contributed by atoms with Crippen molar-refractivity contribution in [3.8, 4) is 0 Å². The van der Waals surface area contributed by atoms with Crippen molar-refractivity contribution in [2.24, 2.45) is 5.92 Å². The van der Waals surface area contributed by atoms with Gasteiger partial charge < -0.3 is 15.2 Å². The Bertz CT molecular complexity index is 130. The lowest BCUT2D eigenvalue weighted by Gasteiger charge is -2.25. The summed E-state index contributed by atoms with van der Waals surface area (Å²) in [4.78, 5) is 0. The summed E-state index contributed by atoms with van der Waals surface area (Å²) in [6.07, 6.45) is 1.15. The van der Waals surface area contributed by atoms with E-state index >= 15 is 0 Å². The second-order valence-corrected chi connectivity index (χ2v) is 4.15. The Morgan fingerprint density at radius 2 is 2.33 bits per heavy atom. The molecule has 0 amide bonds. The monoisotopic (exact) mass is 173 g/mol. The maximum atomic E-state index is 8.97. The number of aliphatic hydroxyl groups excluding tert-OH is 1. The first-order valence-electron chi connectivity index (χ1n) is 4.58. The van der Waals surface area contributed by atoms with Gasteiger partial charge >= 0.3 is 0 Å². The predicted molar refractivity (Wildman–Crippen MR) is 48.1 cm³/mol. The second kappa shape index (κ2) is 4.21. The maximum Gasteiger partial charge on any atom is 0.0607 e. The van der Waals surface area contributed by atoms with Crippen molar-refractivity contribution in [1.82, 2.24) is 5.32 Å². The average Bonchev–Trinajstić information content (AvgIpc) is 2.53. The maximum absolute atomic E-state index is 8.97. The Morgan fingerprint density at radius 3 is 2.83 bits per heavy atom. The van der Waals surface area contributed by atoms with Crippen LogP contribution in [-0.4, -0.2) is 37.0 Å². The number of hydrogen-bond donors (Lipinski definition) is 2. The van der Waals surface area contributed by atoms with Crippen LogP contribution in [-0.2, 0) is 4.74 Å². The van der Waals surface area contributed by atoms with Crippen LogP contribution in [0.3, 0.4) is 0 Å². The van der Waals surface area contributed by atoms with Crippen molar-refractivity contribution in [3.63, 3.8) is 0 Å². The van der Waals surface area contributed by atoms with Crippen LogP contribution in [0, 0.1) is 5.92 Å². The topological polar surface area (TPSA) is 41.5 Å². The minimum Gasteiger partial charge on any atom is -0.394 e. The molecule has 0 spiro atoms. The molecule has 1 unspecified atom stereocenters. The van der Waals surface area contributed by atoms with E-state index in [4.69, 9.17) is 9.84 Å². The van der Waals surface area contributed by atoms with Crippen LogP contribution in [0.1, 0.15) is 20.3 Å².